The van der Waals surface area contributed by atoms with Gasteiger partial charge in [-0.2, -0.15) is 0 Å². The molecule has 2 heterocycles. The fraction of sp³-hybridized carbons (Fsp3) is 0.143. The number of tetrazole rings is 1. The molecule has 0 aliphatic carbocycles. The van der Waals surface area contributed by atoms with Crippen LogP contribution in [0.15, 0.2) is 48.7 Å². The maximum Gasteiger partial charge on any atom is 0.223 e. The van der Waals surface area contributed by atoms with E-state index in [1.165, 1.54) is 4.80 Å². The van der Waals surface area contributed by atoms with Gasteiger partial charge < -0.3 is 4.74 Å². The third-order valence-electron chi connectivity index (χ3n) is 2.67. The molecule has 0 aliphatic heterocycles. The van der Waals surface area contributed by atoms with Gasteiger partial charge in [0.25, 0.3) is 0 Å². The Hall–Kier alpha value is -2.76. The first-order valence-electron chi connectivity index (χ1n) is 6.31. The predicted octanol–water partition coefficient (Wildman–Crippen LogP) is 2.12. The lowest BCUT2D eigenvalue weighted by atomic mass is 10.3. The summed E-state index contributed by atoms with van der Waals surface area (Å²) in [5.74, 6) is 1.27. The summed E-state index contributed by atoms with van der Waals surface area (Å²) < 4.78 is 5.46. The summed E-state index contributed by atoms with van der Waals surface area (Å²) in [6.07, 6.45) is 1.70. The minimum absolute atomic E-state index is 0.493. The molecule has 3 rings (SSSR count). The largest absolute Gasteiger partial charge is 0.494 e. The SMILES string of the molecule is CCOc1cccc(-n2nnc(-c3ccccn3)n2)c1. The monoisotopic (exact) mass is 267 g/mol. The standard InChI is InChI=1S/C14H13N5O/c1-2-20-12-7-5-6-11(10-12)19-17-14(16-18-19)13-8-3-4-9-15-13/h3-10H,2H2,1H3. The van der Waals surface area contributed by atoms with Gasteiger partial charge in [-0.15, -0.1) is 15.0 Å². The summed E-state index contributed by atoms with van der Waals surface area (Å²) in [4.78, 5) is 5.66. The number of pyridine rings is 1. The summed E-state index contributed by atoms with van der Waals surface area (Å²) in [6.45, 7) is 2.56. The molecule has 0 spiro atoms. The molecule has 100 valence electrons. The summed E-state index contributed by atoms with van der Waals surface area (Å²) in [5, 5.41) is 12.4. The second-order valence-electron chi connectivity index (χ2n) is 4.05. The van der Waals surface area contributed by atoms with Gasteiger partial charge in [0, 0.05) is 12.3 Å². The summed E-state index contributed by atoms with van der Waals surface area (Å²) in [7, 11) is 0. The molecule has 0 saturated carbocycles. The van der Waals surface area contributed by atoms with E-state index in [2.05, 4.69) is 20.4 Å². The molecule has 0 unspecified atom stereocenters. The predicted molar refractivity (Wildman–Crippen MR) is 73.6 cm³/mol. The molecule has 6 nitrogen and oxygen atoms in total. The topological polar surface area (TPSA) is 65.7 Å². The summed E-state index contributed by atoms with van der Waals surface area (Å²) >= 11 is 0. The van der Waals surface area contributed by atoms with Crippen molar-refractivity contribution in [3.05, 3.63) is 48.7 Å². The normalized spacial score (nSPS) is 10.4. The van der Waals surface area contributed by atoms with Crippen LogP contribution < -0.4 is 4.74 Å². The number of rotatable bonds is 4. The summed E-state index contributed by atoms with van der Waals surface area (Å²) in [6, 6.07) is 13.1. The second-order valence-corrected chi connectivity index (χ2v) is 4.05. The maximum absolute atomic E-state index is 5.46. The van der Waals surface area contributed by atoms with E-state index in [9.17, 15) is 0 Å². The van der Waals surface area contributed by atoms with Crippen LogP contribution in [0.25, 0.3) is 17.2 Å². The molecule has 0 saturated heterocycles. The smallest absolute Gasteiger partial charge is 0.223 e. The van der Waals surface area contributed by atoms with E-state index < -0.39 is 0 Å². The van der Waals surface area contributed by atoms with Gasteiger partial charge in [-0.1, -0.05) is 12.1 Å². The van der Waals surface area contributed by atoms with Gasteiger partial charge in [-0.25, -0.2) is 0 Å². The van der Waals surface area contributed by atoms with Gasteiger partial charge in [-0.3, -0.25) is 4.98 Å². The third-order valence-corrected chi connectivity index (χ3v) is 2.67. The molecule has 20 heavy (non-hydrogen) atoms. The molecule has 6 heteroatoms. The number of benzene rings is 1. The molecule has 0 N–H and O–H groups in total. The van der Waals surface area contributed by atoms with Crippen LogP contribution in [0, 0.1) is 0 Å². The van der Waals surface area contributed by atoms with Crippen LogP contribution >= 0.6 is 0 Å². The molecule has 0 atom stereocenters. The van der Waals surface area contributed by atoms with E-state index in [-0.39, 0.29) is 0 Å². The van der Waals surface area contributed by atoms with Crippen LogP contribution in [-0.4, -0.2) is 31.8 Å². The highest BCUT2D eigenvalue weighted by Gasteiger charge is 2.08. The fourth-order valence-corrected chi connectivity index (χ4v) is 1.79. The van der Waals surface area contributed by atoms with Gasteiger partial charge >= 0.3 is 0 Å². The van der Waals surface area contributed by atoms with Crippen molar-refractivity contribution in [2.24, 2.45) is 0 Å². The lowest BCUT2D eigenvalue weighted by Gasteiger charge is -2.04. The highest BCUT2D eigenvalue weighted by atomic mass is 16.5. The Morgan fingerprint density at radius 2 is 2.10 bits per heavy atom. The van der Waals surface area contributed by atoms with E-state index in [4.69, 9.17) is 4.74 Å². The molecule has 0 fully saturated rings. The van der Waals surface area contributed by atoms with Crippen LogP contribution in [0.3, 0.4) is 0 Å². The van der Waals surface area contributed by atoms with E-state index in [0.29, 0.717) is 18.1 Å². The van der Waals surface area contributed by atoms with Crippen molar-refractivity contribution in [1.29, 1.82) is 0 Å². The molecule has 0 bridgehead atoms. The maximum atomic E-state index is 5.46. The fourth-order valence-electron chi connectivity index (χ4n) is 1.79. The van der Waals surface area contributed by atoms with Gasteiger partial charge in [0.15, 0.2) is 0 Å². The number of hydrogen-bond acceptors (Lipinski definition) is 5. The average molecular weight is 267 g/mol. The first kappa shape index (κ1) is 12.3. The third kappa shape index (κ3) is 2.49. The Labute approximate surface area is 116 Å². The number of nitrogens with zero attached hydrogens (tertiary/aromatic N) is 5. The van der Waals surface area contributed by atoms with Crippen LogP contribution in [0.4, 0.5) is 0 Å². The van der Waals surface area contributed by atoms with Crippen molar-refractivity contribution in [2.75, 3.05) is 6.61 Å². The minimum Gasteiger partial charge on any atom is -0.494 e. The Bertz CT molecular complexity index is 696. The van der Waals surface area contributed by atoms with Gasteiger partial charge in [0.05, 0.1) is 12.3 Å². The van der Waals surface area contributed by atoms with Crippen molar-refractivity contribution in [3.8, 4) is 23.0 Å². The molecule has 0 amide bonds. The average Bonchev–Trinajstić information content (AvgIpc) is 2.99. The highest BCUT2D eigenvalue weighted by molar-refractivity contribution is 5.47. The van der Waals surface area contributed by atoms with Gasteiger partial charge in [-0.05, 0) is 36.4 Å². The van der Waals surface area contributed by atoms with Crippen LogP contribution in [0.5, 0.6) is 5.75 Å². The molecule has 0 aliphatic rings. The molecule has 3 aromatic rings. The Balaban J connectivity index is 1.92. The lowest BCUT2D eigenvalue weighted by molar-refractivity contribution is 0.340. The second kappa shape index (κ2) is 5.48. The quantitative estimate of drug-likeness (QED) is 0.724. The number of hydrogen-bond donors (Lipinski definition) is 0. The van der Waals surface area contributed by atoms with Crippen LogP contribution in [-0.2, 0) is 0 Å². The summed E-state index contributed by atoms with van der Waals surface area (Å²) in [5.41, 5.74) is 1.49. The van der Waals surface area contributed by atoms with E-state index in [1.54, 1.807) is 6.20 Å². The van der Waals surface area contributed by atoms with Crippen molar-refractivity contribution in [3.63, 3.8) is 0 Å². The van der Waals surface area contributed by atoms with Crippen LogP contribution in [0.2, 0.25) is 0 Å². The van der Waals surface area contributed by atoms with E-state index in [1.807, 2.05) is 49.4 Å². The Morgan fingerprint density at radius 1 is 1.15 bits per heavy atom. The zero-order valence-corrected chi connectivity index (χ0v) is 11.0. The van der Waals surface area contributed by atoms with Gasteiger partial charge in [0.2, 0.25) is 5.82 Å². The minimum atomic E-state index is 0.493. The molecule has 1 aromatic carbocycles. The zero-order valence-electron chi connectivity index (χ0n) is 11.0. The molecular weight excluding hydrogens is 254 g/mol. The highest BCUT2D eigenvalue weighted by Crippen LogP contribution is 2.16. The lowest BCUT2D eigenvalue weighted by Crippen LogP contribution is -2.00. The van der Waals surface area contributed by atoms with Crippen molar-refractivity contribution < 1.29 is 4.74 Å². The van der Waals surface area contributed by atoms with E-state index in [0.717, 1.165) is 11.4 Å². The number of aromatic nitrogens is 5. The number of ether oxygens (including phenoxy) is 1. The van der Waals surface area contributed by atoms with Gasteiger partial charge in [0.1, 0.15) is 11.4 Å². The Kier molecular flexibility index (Phi) is 3.36. The first-order chi connectivity index (χ1) is 9.86. The van der Waals surface area contributed by atoms with Crippen molar-refractivity contribution in [1.82, 2.24) is 25.2 Å². The molecule has 0 radical (unpaired) electrons. The first-order valence-corrected chi connectivity index (χ1v) is 6.31. The van der Waals surface area contributed by atoms with E-state index >= 15 is 0 Å². The molecule has 2 aromatic heterocycles. The Morgan fingerprint density at radius 3 is 2.90 bits per heavy atom. The van der Waals surface area contributed by atoms with Crippen molar-refractivity contribution >= 4 is 0 Å². The van der Waals surface area contributed by atoms with Crippen LogP contribution in [0.1, 0.15) is 6.92 Å². The van der Waals surface area contributed by atoms with Crippen molar-refractivity contribution in [2.45, 2.75) is 6.92 Å². The zero-order chi connectivity index (χ0) is 13.8. The molecular formula is C14H13N5O.